The maximum absolute atomic E-state index is 6.14. The van der Waals surface area contributed by atoms with Crippen molar-refractivity contribution in [3.63, 3.8) is 0 Å². The third kappa shape index (κ3) is 3.89. The molecule has 5 heteroatoms. The van der Waals surface area contributed by atoms with E-state index in [2.05, 4.69) is 12.2 Å². The minimum Gasteiger partial charge on any atom is -0.382 e. The molecular weight excluding hydrogens is 246 g/mol. The van der Waals surface area contributed by atoms with Gasteiger partial charge in [0.25, 0.3) is 0 Å². The van der Waals surface area contributed by atoms with E-state index in [-0.39, 0.29) is 12.2 Å². The number of hydrogen-bond acceptors (Lipinski definition) is 5. The summed E-state index contributed by atoms with van der Waals surface area (Å²) in [5.41, 5.74) is 0. The van der Waals surface area contributed by atoms with Crippen LogP contribution in [-0.2, 0) is 18.9 Å². The lowest BCUT2D eigenvalue weighted by Crippen LogP contribution is -2.53. The Morgan fingerprint density at radius 2 is 2.11 bits per heavy atom. The molecule has 2 fully saturated rings. The number of nitrogens with one attached hydrogen (secondary N) is 1. The topological polar surface area (TPSA) is 49.0 Å². The maximum Gasteiger partial charge on any atom is 0.171 e. The molecule has 1 aliphatic heterocycles. The minimum atomic E-state index is -0.399. The van der Waals surface area contributed by atoms with Gasteiger partial charge in [-0.25, -0.2) is 0 Å². The number of ether oxygens (including phenoxy) is 4. The van der Waals surface area contributed by atoms with Crippen molar-refractivity contribution < 1.29 is 18.9 Å². The average Bonchev–Trinajstić information content (AvgIpc) is 2.82. The molecular formula is C14H27NO4. The fourth-order valence-corrected chi connectivity index (χ4v) is 3.08. The molecule has 0 amide bonds. The molecule has 112 valence electrons. The van der Waals surface area contributed by atoms with E-state index >= 15 is 0 Å². The van der Waals surface area contributed by atoms with Crippen LogP contribution in [0.3, 0.4) is 0 Å². The van der Waals surface area contributed by atoms with E-state index in [0.717, 1.165) is 25.8 Å². The highest BCUT2D eigenvalue weighted by Crippen LogP contribution is 2.37. The van der Waals surface area contributed by atoms with Crippen LogP contribution < -0.4 is 5.32 Å². The van der Waals surface area contributed by atoms with Crippen molar-refractivity contribution in [2.45, 2.75) is 57.1 Å². The highest BCUT2D eigenvalue weighted by Gasteiger charge is 2.45. The van der Waals surface area contributed by atoms with Gasteiger partial charge in [0.05, 0.1) is 32.0 Å². The fourth-order valence-electron chi connectivity index (χ4n) is 3.08. The SMILES string of the molecule is CCNC1CCC2(CC1OC(C)COC)OCCO2. The maximum atomic E-state index is 6.14. The van der Waals surface area contributed by atoms with Crippen LogP contribution in [0.1, 0.15) is 33.1 Å². The number of hydrogen-bond donors (Lipinski definition) is 1. The molecule has 1 N–H and O–H groups in total. The molecule has 1 spiro atoms. The highest BCUT2D eigenvalue weighted by molar-refractivity contribution is 4.92. The lowest BCUT2D eigenvalue weighted by molar-refractivity contribution is -0.213. The van der Waals surface area contributed by atoms with E-state index in [9.17, 15) is 0 Å². The Morgan fingerprint density at radius 3 is 2.74 bits per heavy atom. The third-order valence-corrected chi connectivity index (χ3v) is 3.89. The predicted octanol–water partition coefficient (Wildman–Crippen LogP) is 1.31. The van der Waals surface area contributed by atoms with Gasteiger partial charge in [-0.1, -0.05) is 6.92 Å². The Bertz CT molecular complexity index is 268. The van der Waals surface area contributed by atoms with Crippen molar-refractivity contribution in [3.8, 4) is 0 Å². The summed E-state index contributed by atoms with van der Waals surface area (Å²) in [7, 11) is 1.70. The summed E-state index contributed by atoms with van der Waals surface area (Å²) < 4.78 is 22.9. The van der Waals surface area contributed by atoms with Crippen molar-refractivity contribution in [2.24, 2.45) is 0 Å². The molecule has 19 heavy (non-hydrogen) atoms. The Kier molecular flexibility index (Phi) is 5.59. The molecule has 1 aliphatic carbocycles. The van der Waals surface area contributed by atoms with Gasteiger partial charge in [-0.2, -0.15) is 0 Å². The second kappa shape index (κ2) is 6.99. The largest absolute Gasteiger partial charge is 0.382 e. The summed E-state index contributed by atoms with van der Waals surface area (Å²) >= 11 is 0. The van der Waals surface area contributed by atoms with Crippen molar-refractivity contribution >= 4 is 0 Å². The summed E-state index contributed by atoms with van der Waals surface area (Å²) in [5.74, 6) is -0.399. The molecule has 0 aromatic carbocycles. The fraction of sp³-hybridized carbons (Fsp3) is 1.00. The van der Waals surface area contributed by atoms with Crippen LogP contribution in [-0.4, -0.2) is 57.5 Å². The molecule has 0 radical (unpaired) electrons. The zero-order valence-corrected chi connectivity index (χ0v) is 12.3. The first-order valence-corrected chi connectivity index (χ1v) is 7.35. The Labute approximate surface area is 115 Å². The van der Waals surface area contributed by atoms with Gasteiger partial charge in [0, 0.05) is 26.0 Å². The van der Waals surface area contributed by atoms with Crippen molar-refractivity contribution in [3.05, 3.63) is 0 Å². The number of likely N-dealkylation sites (N-methyl/N-ethyl adjacent to an activating group) is 1. The Morgan fingerprint density at radius 1 is 1.37 bits per heavy atom. The lowest BCUT2D eigenvalue weighted by atomic mass is 9.87. The molecule has 0 aromatic heterocycles. The molecule has 3 atom stereocenters. The first kappa shape index (κ1) is 15.2. The van der Waals surface area contributed by atoms with Gasteiger partial charge in [-0.05, 0) is 19.9 Å². The van der Waals surface area contributed by atoms with E-state index in [1.807, 2.05) is 6.92 Å². The third-order valence-electron chi connectivity index (χ3n) is 3.89. The number of methoxy groups -OCH3 is 1. The van der Waals surface area contributed by atoms with Crippen molar-refractivity contribution in [2.75, 3.05) is 33.5 Å². The predicted molar refractivity (Wildman–Crippen MR) is 72.2 cm³/mol. The monoisotopic (exact) mass is 273 g/mol. The molecule has 2 rings (SSSR count). The van der Waals surface area contributed by atoms with E-state index in [1.165, 1.54) is 0 Å². The number of rotatable bonds is 6. The van der Waals surface area contributed by atoms with Gasteiger partial charge >= 0.3 is 0 Å². The van der Waals surface area contributed by atoms with Gasteiger partial charge in [-0.3, -0.25) is 0 Å². The summed E-state index contributed by atoms with van der Waals surface area (Å²) in [5, 5.41) is 3.51. The normalized spacial score (nSPS) is 31.7. The van der Waals surface area contributed by atoms with Crippen LogP contribution >= 0.6 is 0 Å². The van der Waals surface area contributed by atoms with E-state index in [1.54, 1.807) is 7.11 Å². The quantitative estimate of drug-likeness (QED) is 0.791. The zero-order valence-electron chi connectivity index (χ0n) is 12.3. The van der Waals surface area contributed by atoms with Crippen LogP contribution in [0.2, 0.25) is 0 Å². The molecule has 3 unspecified atom stereocenters. The summed E-state index contributed by atoms with van der Waals surface area (Å²) in [6.45, 7) is 7.15. The van der Waals surface area contributed by atoms with Crippen LogP contribution in [0.5, 0.6) is 0 Å². The zero-order chi connectivity index (χ0) is 13.7. The van der Waals surface area contributed by atoms with Crippen LogP contribution in [0.4, 0.5) is 0 Å². The van der Waals surface area contributed by atoms with Crippen molar-refractivity contribution in [1.82, 2.24) is 5.32 Å². The van der Waals surface area contributed by atoms with E-state index < -0.39 is 5.79 Å². The van der Waals surface area contributed by atoms with Gasteiger partial charge in [-0.15, -0.1) is 0 Å². The molecule has 0 aromatic rings. The molecule has 5 nitrogen and oxygen atoms in total. The summed E-state index contributed by atoms with van der Waals surface area (Å²) in [6, 6.07) is 0.378. The molecule has 1 saturated carbocycles. The van der Waals surface area contributed by atoms with Crippen molar-refractivity contribution in [1.29, 1.82) is 0 Å². The Balaban J connectivity index is 1.95. The Hall–Kier alpha value is -0.200. The van der Waals surface area contributed by atoms with E-state index in [4.69, 9.17) is 18.9 Å². The van der Waals surface area contributed by atoms with Gasteiger partial charge < -0.3 is 24.3 Å². The first-order chi connectivity index (χ1) is 9.19. The smallest absolute Gasteiger partial charge is 0.171 e. The van der Waals surface area contributed by atoms with Gasteiger partial charge in [0.1, 0.15) is 0 Å². The lowest BCUT2D eigenvalue weighted by Gasteiger charge is -2.42. The van der Waals surface area contributed by atoms with Gasteiger partial charge in [0.15, 0.2) is 5.79 Å². The van der Waals surface area contributed by atoms with Crippen LogP contribution in [0.15, 0.2) is 0 Å². The second-order valence-corrected chi connectivity index (χ2v) is 5.46. The average molecular weight is 273 g/mol. The summed E-state index contributed by atoms with van der Waals surface area (Å²) in [6.07, 6.45) is 2.99. The molecule has 0 bridgehead atoms. The summed E-state index contributed by atoms with van der Waals surface area (Å²) in [4.78, 5) is 0. The molecule has 2 aliphatic rings. The highest BCUT2D eigenvalue weighted by atomic mass is 16.7. The standard InChI is InChI=1S/C14H27NO4/c1-4-15-12-5-6-14(17-7-8-18-14)9-13(12)19-11(2)10-16-3/h11-13,15H,4-10H2,1-3H3. The van der Waals surface area contributed by atoms with Crippen LogP contribution in [0, 0.1) is 0 Å². The van der Waals surface area contributed by atoms with Gasteiger partial charge in [0.2, 0.25) is 0 Å². The molecule has 1 heterocycles. The minimum absolute atomic E-state index is 0.0905. The molecule has 1 saturated heterocycles. The second-order valence-electron chi connectivity index (χ2n) is 5.46. The first-order valence-electron chi connectivity index (χ1n) is 7.35. The van der Waals surface area contributed by atoms with Crippen LogP contribution in [0.25, 0.3) is 0 Å². The van der Waals surface area contributed by atoms with E-state index in [0.29, 0.717) is 25.9 Å².